The molecule has 0 spiro atoms. The summed E-state index contributed by atoms with van der Waals surface area (Å²) in [5.74, 6) is -2.23. The molecule has 8 heteroatoms. The number of hydrogen-bond donors (Lipinski definition) is 0. The van der Waals surface area contributed by atoms with Gasteiger partial charge in [-0.3, -0.25) is 14.5 Å². The Bertz CT molecular complexity index is 670. The molecule has 1 fully saturated rings. The fraction of sp³-hybridized carbons (Fsp3) is 0.556. The minimum atomic E-state index is -0.842. The van der Waals surface area contributed by atoms with E-state index in [9.17, 15) is 18.4 Å². The molecule has 1 aliphatic rings. The number of hydrogen-bond acceptors (Lipinski definition) is 4. The van der Waals surface area contributed by atoms with Crippen molar-refractivity contribution in [3.63, 3.8) is 0 Å². The van der Waals surface area contributed by atoms with Gasteiger partial charge in [-0.2, -0.15) is 0 Å². The first-order valence-corrected chi connectivity index (χ1v) is 8.29. The summed E-state index contributed by atoms with van der Waals surface area (Å²) in [6, 6.07) is 2.37. The summed E-state index contributed by atoms with van der Waals surface area (Å²) in [7, 11) is 2.77. The molecule has 0 radical (unpaired) electrons. The van der Waals surface area contributed by atoms with E-state index in [2.05, 4.69) is 0 Å². The van der Waals surface area contributed by atoms with Crippen LogP contribution in [-0.4, -0.2) is 54.3 Å². The molecule has 0 aromatic heterocycles. The third-order valence-electron chi connectivity index (χ3n) is 4.15. The number of likely N-dealkylation sites (tertiary alicyclic amines) is 1. The molecule has 2 unspecified atom stereocenters. The summed E-state index contributed by atoms with van der Waals surface area (Å²) in [6.07, 6.45) is -0.436. The number of carbonyl (C=O) groups is 2. The zero-order valence-corrected chi connectivity index (χ0v) is 15.6. The first kappa shape index (κ1) is 20.1. The largest absolute Gasteiger partial charge is 0.444 e. The van der Waals surface area contributed by atoms with E-state index >= 15 is 0 Å². The Labute approximate surface area is 151 Å². The van der Waals surface area contributed by atoms with Crippen molar-refractivity contribution < 1.29 is 27.9 Å². The van der Waals surface area contributed by atoms with Crippen LogP contribution in [-0.2, 0) is 14.4 Å². The van der Waals surface area contributed by atoms with Crippen LogP contribution in [0.4, 0.5) is 13.6 Å². The first-order chi connectivity index (χ1) is 12.0. The lowest BCUT2D eigenvalue weighted by Crippen LogP contribution is -2.47. The van der Waals surface area contributed by atoms with E-state index in [1.54, 1.807) is 20.8 Å². The second-order valence-electron chi connectivity index (χ2n) is 7.30. The first-order valence-electron chi connectivity index (χ1n) is 8.29. The van der Waals surface area contributed by atoms with Crippen LogP contribution in [0.1, 0.15) is 38.7 Å². The molecule has 2 amide bonds. The van der Waals surface area contributed by atoms with Gasteiger partial charge in [0.2, 0.25) is 0 Å². The van der Waals surface area contributed by atoms with Crippen molar-refractivity contribution in [2.75, 3.05) is 20.7 Å². The third kappa shape index (κ3) is 4.69. The molecule has 1 aromatic rings. The molecule has 26 heavy (non-hydrogen) atoms. The van der Waals surface area contributed by atoms with E-state index in [4.69, 9.17) is 9.57 Å². The number of amides is 2. The maximum absolute atomic E-state index is 13.6. The molecule has 0 aliphatic carbocycles. The summed E-state index contributed by atoms with van der Waals surface area (Å²) >= 11 is 0. The topological polar surface area (TPSA) is 59.1 Å². The molecular formula is C18H24F2N2O4. The molecule has 2 rings (SSSR count). The molecule has 1 saturated heterocycles. The number of carbonyl (C=O) groups excluding carboxylic acids is 2. The minimum Gasteiger partial charge on any atom is -0.444 e. The highest BCUT2D eigenvalue weighted by atomic mass is 19.1. The molecule has 1 heterocycles. The second-order valence-corrected chi connectivity index (χ2v) is 7.30. The van der Waals surface area contributed by atoms with Crippen molar-refractivity contribution in [3.8, 4) is 0 Å². The fourth-order valence-electron chi connectivity index (χ4n) is 2.94. The number of nitrogens with zero attached hydrogens (tertiary/aromatic N) is 2. The van der Waals surface area contributed by atoms with Crippen molar-refractivity contribution in [1.82, 2.24) is 9.96 Å². The van der Waals surface area contributed by atoms with Gasteiger partial charge in [-0.05, 0) is 44.9 Å². The van der Waals surface area contributed by atoms with Gasteiger partial charge in [-0.15, -0.1) is 0 Å². The van der Waals surface area contributed by atoms with Crippen molar-refractivity contribution in [2.24, 2.45) is 0 Å². The predicted octanol–water partition coefficient (Wildman–Crippen LogP) is 3.08. The van der Waals surface area contributed by atoms with E-state index in [1.807, 2.05) is 0 Å². The smallest absolute Gasteiger partial charge is 0.410 e. The van der Waals surface area contributed by atoms with Gasteiger partial charge in [0.25, 0.3) is 5.91 Å². The van der Waals surface area contributed by atoms with Crippen LogP contribution in [0.2, 0.25) is 0 Å². The Balaban J connectivity index is 2.30. The highest BCUT2D eigenvalue weighted by molar-refractivity contribution is 5.85. The average molecular weight is 370 g/mol. The van der Waals surface area contributed by atoms with E-state index in [0.717, 1.165) is 11.1 Å². The molecule has 2 atom stereocenters. The summed E-state index contributed by atoms with van der Waals surface area (Å²) in [6.45, 7) is 5.28. The van der Waals surface area contributed by atoms with Crippen LogP contribution in [0.15, 0.2) is 18.2 Å². The predicted molar refractivity (Wildman–Crippen MR) is 90.2 cm³/mol. The van der Waals surface area contributed by atoms with Crippen LogP contribution in [0.3, 0.4) is 0 Å². The maximum atomic E-state index is 13.6. The van der Waals surface area contributed by atoms with E-state index < -0.39 is 41.2 Å². The molecular weight excluding hydrogens is 346 g/mol. The summed E-state index contributed by atoms with van der Waals surface area (Å²) < 4.78 is 32.5. The lowest BCUT2D eigenvalue weighted by Gasteiger charge is -2.29. The number of hydroxylamine groups is 2. The molecule has 0 N–H and O–H groups in total. The van der Waals surface area contributed by atoms with Gasteiger partial charge < -0.3 is 4.74 Å². The van der Waals surface area contributed by atoms with Crippen LogP contribution in [0.25, 0.3) is 0 Å². The molecule has 1 aliphatic heterocycles. The summed E-state index contributed by atoms with van der Waals surface area (Å²) in [4.78, 5) is 31.3. The number of ether oxygens (including phenoxy) is 1. The van der Waals surface area contributed by atoms with Crippen molar-refractivity contribution in [2.45, 2.75) is 44.8 Å². The van der Waals surface area contributed by atoms with Crippen molar-refractivity contribution >= 4 is 12.0 Å². The Morgan fingerprint density at radius 3 is 2.27 bits per heavy atom. The molecule has 6 nitrogen and oxygen atoms in total. The van der Waals surface area contributed by atoms with Crippen LogP contribution < -0.4 is 0 Å². The van der Waals surface area contributed by atoms with Crippen LogP contribution in [0.5, 0.6) is 0 Å². The normalized spacial score (nSPS) is 20.2. The van der Waals surface area contributed by atoms with Gasteiger partial charge in [0.05, 0.1) is 7.11 Å². The highest BCUT2D eigenvalue weighted by Crippen LogP contribution is 2.34. The maximum Gasteiger partial charge on any atom is 0.410 e. The average Bonchev–Trinajstić information content (AvgIpc) is 2.96. The van der Waals surface area contributed by atoms with Gasteiger partial charge in [0, 0.05) is 25.6 Å². The van der Waals surface area contributed by atoms with E-state index in [1.165, 1.54) is 31.2 Å². The van der Waals surface area contributed by atoms with Gasteiger partial charge >= 0.3 is 6.09 Å². The summed E-state index contributed by atoms with van der Waals surface area (Å²) in [5, 5.41) is 1.02. The van der Waals surface area contributed by atoms with Gasteiger partial charge in [0.1, 0.15) is 23.3 Å². The van der Waals surface area contributed by atoms with Crippen LogP contribution >= 0.6 is 0 Å². The van der Waals surface area contributed by atoms with Crippen molar-refractivity contribution in [1.29, 1.82) is 0 Å². The Hall–Kier alpha value is -2.22. The third-order valence-corrected chi connectivity index (χ3v) is 4.15. The van der Waals surface area contributed by atoms with E-state index in [-0.39, 0.29) is 13.0 Å². The highest BCUT2D eigenvalue weighted by Gasteiger charge is 2.43. The summed E-state index contributed by atoms with van der Waals surface area (Å²) in [5.41, 5.74) is -0.340. The lowest BCUT2D eigenvalue weighted by atomic mass is 9.96. The SMILES string of the molecule is CON(C)C(=O)C1CC(c2cc(F)cc(F)c2)CN1C(=O)OC(C)(C)C. The zero-order chi connectivity index (χ0) is 19.6. The Morgan fingerprint density at radius 2 is 1.77 bits per heavy atom. The molecule has 0 saturated carbocycles. The van der Waals surface area contributed by atoms with Crippen molar-refractivity contribution in [3.05, 3.63) is 35.4 Å². The zero-order valence-electron chi connectivity index (χ0n) is 15.6. The fourth-order valence-corrected chi connectivity index (χ4v) is 2.94. The van der Waals surface area contributed by atoms with Gasteiger partial charge in [-0.25, -0.2) is 18.6 Å². The monoisotopic (exact) mass is 370 g/mol. The molecule has 144 valence electrons. The standard InChI is InChI=1S/C18H24F2N2O4/c1-18(2,3)26-17(24)22-10-12(8-15(22)16(23)21(4)25-5)11-6-13(19)9-14(20)7-11/h6-7,9,12,15H,8,10H2,1-5H3. The Morgan fingerprint density at radius 1 is 1.19 bits per heavy atom. The van der Waals surface area contributed by atoms with Crippen LogP contribution in [0, 0.1) is 11.6 Å². The number of likely N-dealkylation sites (N-methyl/N-ethyl adjacent to an activating group) is 1. The minimum absolute atomic E-state index is 0.117. The quantitative estimate of drug-likeness (QED) is 0.768. The number of rotatable bonds is 3. The molecule has 0 bridgehead atoms. The number of benzene rings is 1. The lowest BCUT2D eigenvalue weighted by molar-refractivity contribution is -0.173. The second kappa shape index (κ2) is 7.57. The number of halogens is 2. The Kier molecular flexibility index (Phi) is 5.85. The van der Waals surface area contributed by atoms with E-state index in [0.29, 0.717) is 5.56 Å². The molecule has 1 aromatic carbocycles. The van der Waals surface area contributed by atoms with Gasteiger partial charge in [0.15, 0.2) is 0 Å². The van der Waals surface area contributed by atoms with Gasteiger partial charge in [-0.1, -0.05) is 0 Å².